The summed E-state index contributed by atoms with van der Waals surface area (Å²) < 4.78 is 11.0. The van der Waals surface area contributed by atoms with Crippen molar-refractivity contribution in [2.75, 3.05) is 6.61 Å². The molecular weight excluding hydrogens is 266 g/mol. The maximum Gasteiger partial charge on any atom is 0.340 e. The van der Waals surface area contributed by atoms with Crippen LogP contribution in [-0.4, -0.2) is 24.0 Å². The van der Waals surface area contributed by atoms with Crippen LogP contribution in [0.25, 0.3) is 0 Å². The summed E-state index contributed by atoms with van der Waals surface area (Å²) in [4.78, 5) is 16.0. The Balaban J connectivity index is 1.84. The van der Waals surface area contributed by atoms with Crippen molar-refractivity contribution in [3.8, 4) is 0 Å². The molecule has 0 amide bonds. The number of benzene rings is 1. The fourth-order valence-corrected chi connectivity index (χ4v) is 2.17. The Hall–Kier alpha value is -1.68. The molecule has 2 rings (SSSR count). The maximum atomic E-state index is 11.6. The van der Waals surface area contributed by atoms with Crippen LogP contribution in [0.15, 0.2) is 35.3 Å². The van der Waals surface area contributed by atoms with E-state index in [4.69, 9.17) is 9.47 Å². The number of hydrogen-bond acceptors (Lipinski definition) is 4. The Morgan fingerprint density at radius 3 is 2.48 bits per heavy atom. The predicted octanol–water partition coefficient (Wildman–Crippen LogP) is 3.35. The van der Waals surface area contributed by atoms with Gasteiger partial charge in [0.15, 0.2) is 11.4 Å². The van der Waals surface area contributed by atoms with Crippen LogP contribution in [0.2, 0.25) is 0 Å². The van der Waals surface area contributed by atoms with E-state index in [2.05, 4.69) is 18.8 Å². The quantitative estimate of drug-likeness (QED) is 0.754. The Morgan fingerprint density at radius 2 is 1.90 bits per heavy atom. The summed E-state index contributed by atoms with van der Waals surface area (Å²) in [5.74, 6) is 0.233. The van der Waals surface area contributed by atoms with Crippen molar-refractivity contribution >= 4 is 11.9 Å². The third-order valence-corrected chi connectivity index (χ3v) is 3.35. The molecule has 0 saturated carbocycles. The Kier molecular flexibility index (Phi) is 4.47. The van der Waals surface area contributed by atoms with Gasteiger partial charge >= 0.3 is 5.97 Å². The normalized spacial score (nSPS) is 17.5. The lowest BCUT2D eigenvalue weighted by molar-refractivity contribution is -0.138. The first-order valence-corrected chi connectivity index (χ1v) is 7.21. The average molecular weight is 289 g/mol. The molecule has 1 heterocycles. The Labute approximate surface area is 126 Å². The Morgan fingerprint density at radius 1 is 1.24 bits per heavy atom. The summed E-state index contributed by atoms with van der Waals surface area (Å²) in [6.07, 6.45) is 0.594. The number of hydrogen-bond donors (Lipinski definition) is 0. The molecule has 0 saturated heterocycles. The molecule has 0 fully saturated rings. The summed E-state index contributed by atoms with van der Waals surface area (Å²) in [7, 11) is 0. The lowest BCUT2D eigenvalue weighted by Crippen LogP contribution is -2.25. The highest BCUT2D eigenvalue weighted by atomic mass is 16.6. The second kappa shape index (κ2) is 5.98. The van der Waals surface area contributed by atoms with Crippen LogP contribution >= 0.6 is 0 Å². The fourth-order valence-electron chi connectivity index (χ4n) is 2.17. The van der Waals surface area contributed by atoms with Crippen molar-refractivity contribution in [3.05, 3.63) is 35.9 Å². The minimum atomic E-state index is -0.754. The van der Waals surface area contributed by atoms with Crippen LogP contribution in [0.5, 0.6) is 0 Å². The molecule has 0 unspecified atom stereocenters. The van der Waals surface area contributed by atoms with Crippen molar-refractivity contribution in [1.82, 2.24) is 0 Å². The topological polar surface area (TPSA) is 47.9 Å². The van der Waals surface area contributed by atoms with Crippen LogP contribution in [0.4, 0.5) is 0 Å². The number of ether oxygens (including phenoxy) is 2. The first kappa shape index (κ1) is 15.7. The number of cyclic esters (lactones) is 1. The molecule has 114 valence electrons. The third kappa shape index (κ3) is 4.39. The van der Waals surface area contributed by atoms with E-state index in [9.17, 15) is 4.79 Å². The molecule has 0 atom stereocenters. The molecule has 0 N–H and O–H groups in total. The van der Waals surface area contributed by atoms with Gasteiger partial charge in [0.05, 0.1) is 13.2 Å². The molecule has 4 heteroatoms. The van der Waals surface area contributed by atoms with Crippen molar-refractivity contribution in [3.63, 3.8) is 0 Å². The second-order valence-electron chi connectivity index (χ2n) is 6.77. The molecule has 0 aliphatic carbocycles. The van der Waals surface area contributed by atoms with Gasteiger partial charge in [-0.15, -0.1) is 0 Å². The molecule has 0 spiro atoms. The molecular formula is C17H23NO3. The van der Waals surface area contributed by atoms with E-state index in [0.717, 1.165) is 5.56 Å². The lowest BCUT2D eigenvalue weighted by atomic mass is 9.90. The highest BCUT2D eigenvalue weighted by Gasteiger charge is 2.38. The van der Waals surface area contributed by atoms with Gasteiger partial charge in [-0.1, -0.05) is 44.2 Å². The van der Waals surface area contributed by atoms with E-state index < -0.39 is 5.54 Å². The van der Waals surface area contributed by atoms with Crippen LogP contribution in [-0.2, 0) is 20.9 Å². The first-order chi connectivity index (χ1) is 9.78. The van der Waals surface area contributed by atoms with E-state index in [-0.39, 0.29) is 11.4 Å². The van der Waals surface area contributed by atoms with Crippen LogP contribution in [0, 0.1) is 5.41 Å². The van der Waals surface area contributed by atoms with Gasteiger partial charge in [0.2, 0.25) is 0 Å². The molecule has 0 radical (unpaired) electrons. The minimum Gasteiger partial charge on any atom is -0.410 e. The van der Waals surface area contributed by atoms with Crippen molar-refractivity contribution < 1.29 is 14.3 Å². The first-order valence-electron chi connectivity index (χ1n) is 7.21. The molecule has 21 heavy (non-hydrogen) atoms. The molecule has 0 bridgehead atoms. The molecule has 1 aliphatic heterocycles. The van der Waals surface area contributed by atoms with Crippen molar-refractivity contribution in [2.45, 2.75) is 46.3 Å². The maximum absolute atomic E-state index is 11.6. The number of rotatable bonds is 6. The molecule has 1 aromatic rings. The largest absolute Gasteiger partial charge is 0.410 e. The van der Waals surface area contributed by atoms with Gasteiger partial charge in [-0.3, -0.25) is 0 Å². The second-order valence-corrected chi connectivity index (χ2v) is 6.77. The fraction of sp³-hybridized carbons (Fsp3) is 0.529. The van der Waals surface area contributed by atoms with Gasteiger partial charge in [-0.25, -0.2) is 9.79 Å². The monoisotopic (exact) mass is 289 g/mol. The van der Waals surface area contributed by atoms with Crippen LogP contribution < -0.4 is 0 Å². The number of aliphatic imine (C=N–C) groups is 1. The predicted molar refractivity (Wildman–Crippen MR) is 82.1 cm³/mol. The number of carbonyl (C=O) groups is 1. The standard InChI is InChI=1S/C17H23NO3/c1-16(2,10-14-18-17(3,4)15(19)21-14)12-20-11-13-8-6-5-7-9-13/h5-9H,10-12H2,1-4H3. The summed E-state index contributed by atoms with van der Waals surface area (Å²) in [6, 6.07) is 10.1. The molecule has 4 nitrogen and oxygen atoms in total. The van der Waals surface area contributed by atoms with Crippen LogP contribution in [0.1, 0.15) is 39.7 Å². The van der Waals surface area contributed by atoms with Gasteiger partial charge in [-0.05, 0) is 24.8 Å². The zero-order valence-electron chi connectivity index (χ0n) is 13.2. The van der Waals surface area contributed by atoms with Gasteiger partial charge in [0.1, 0.15) is 0 Å². The summed E-state index contributed by atoms with van der Waals surface area (Å²) >= 11 is 0. The van der Waals surface area contributed by atoms with E-state index in [1.54, 1.807) is 13.8 Å². The highest BCUT2D eigenvalue weighted by Crippen LogP contribution is 2.28. The van der Waals surface area contributed by atoms with Gasteiger partial charge in [0, 0.05) is 6.42 Å². The summed E-state index contributed by atoms with van der Waals surface area (Å²) in [6.45, 7) is 8.86. The summed E-state index contributed by atoms with van der Waals surface area (Å²) in [5, 5.41) is 0. The zero-order valence-corrected chi connectivity index (χ0v) is 13.2. The molecule has 0 aromatic heterocycles. The van der Waals surface area contributed by atoms with Crippen LogP contribution in [0.3, 0.4) is 0 Å². The van der Waals surface area contributed by atoms with E-state index in [1.165, 1.54) is 0 Å². The van der Waals surface area contributed by atoms with E-state index in [1.807, 2.05) is 30.3 Å². The SMILES string of the molecule is CC(C)(COCc1ccccc1)CC1=NC(C)(C)C(=O)O1. The number of esters is 1. The minimum absolute atomic E-state index is 0.131. The number of nitrogens with zero attached hydrogens (tertiary/aromatic N) is 1. The average Bonchev–Trinajstić information content (AvgIpc) is 2.62. The highest BCUT2D eigenvalue weighted by molar-refractivity contribution is 5.99. The van der Waals surface area contributed by atoms with E-state index >= 15 is 0 Å². The Bertz CT molecular complexity index is 532. The summed E-state index contributed by atoms with van der Waals surface area (Å²) in [5.41, 5.74) is 0.268. The van der Waals surface area contributed by atoms with Crippen molar-refractivity contribution in [1.29, 1.82) is 0 Å². The van der Waals surface area contributed by atoms with E-state index in [0.29, 0.717) is 25.5 Å². The molecule has 1 aromatic carbocycles. The van der Waals surface area contributed by atoms with Crippen molar-refractivity contribution in [2.24, 2.45) is 10.4 Å². The lowest BCUT2D eigenvalue weighted by Gasteiger charge is -2.23. The zero-order chi connectivity index (χ0) is 15.5. The van der Waals surface area contributed by atoms with Gasteiger partial charge in [0.25, 0.3) is 0 Å². The smallest absolute Gasteiger partial charge is 0.340 e. The third-order valence-electron chi connectivity index (χ3n) is 3.35. The van der Waals surface area contributed by atoms with Gasteiger partial charge < -0.3 is 9.47 Å². The van der Waals surface area contributed by atoms with Gasteiger partial charge in [-0.2, -0.15) is 0 Å². The number of carbonyl (C=O) groups excluding carboxylic acids is 1. The molecule has 1 aliphatic rings.